The predicted octanol–water partition coefficient (Wildman–Crippen LogP) is 5.25. The molecule has 4 rings (SSSR count). The second-order valence-electron chi connectivity index (χ2n) is 7.16. The van der Waals surface area contributed by atoms with Crippen molar-refractivity contribution in [2.24, 2.45) is 0 Å². The number of hydrogen-bond acceptors (Lipinski definition) is 5. The van der Waals surface area contributed by atoms with Crippen molar-refractivity contribution >= 4 is 40.0 Å². The summed E-state index contributed by atoms with van der Waals surface area (Å²) >= 11 is 5.28. The molecule has 6 nitrogen and oxygen atoms in total. The number of anilines is 1. The molecule has 4 aromatic rings. The van der Waals surface area contributed by atoms with E-state index in [0.29, 0.717) is 34.0 Å². The van der Waals surface area contributed by atoms with Crippen molar-refractivity contribution in [1.29, 1.82) is 0 Å². The maximum Gasteiger partial charge on any atom is 0.257 e. The van der Waals surface area contributed by atoms with Crippen LogP contribution in [-0.2, 0) is 0 Å². The van der Waals surface area contributed by atoms with Crippen molar-refractivity contribution in [2.75, 3.05) is 12.4 Å². The Balaban J connectivity index is 1.48. The van der Waals surface area contributed by atoms with Gasteiger partial charge >= 0.3 is 0 Å². The van der Waals surface area contributed by atoms with Crippen molar-refractivity contribution in [3.63, 3.8) is 0 Å². The molecular weight excluding hydrogens is 410 g/mol. The molecule has 1 aromatic heterocycles. The second-order valence-corrected chi connectivity index (χ2v) is 7.56. The van der Waals surface area contributed by atoms with E-state index in [1.54, 1.807) is 31.4 Å². The predicted molar refractivity (Wildman–Crippen MR) is 126 cm³/mol. The summed E-state index contributed by atoms with van der Waals surface area (Å²) in [6, 6.07) is 18.4. The Morgan fingerprint density at radius 1 is 1.03 bits per heavy atom. The van der Waals surface area contributed by atoms with Crippen molar-refractivity contribution < 1.29 is 13.9 Å². The first kappa shape index (κ1) is 20.6. The van der Waals surface area contributed by atoms with Gasteiger partial charge in [0.1, 0.15) is 11.3 Å². The van der Waals surface area contributed by atoms with Crippen molar-refractivity contribution in [1.82, 2.24) is 10.3 Å². The summed E-state index contributed by atoms with van der Waals surface area (Å²) in [4.78, 5) is 17.0. The number of oxazole rings is 1. The summed E-state index contributed by atoms with van der Waals surface area (Å²) in [6.07, 6.45) is 0. The minimum Gasteiger partial charge on any atom is -0.497 e. The van der Waals surface area contributed by atoms with Gasteiger partial charge in [-0.25, -0.2) is 4.98 Å². The maximum absolute atomic E-state index is 12.4. The number of carbonyl (C=O) groups excluding carboxylic acids is 1. The zero-order chi connectivity index (χ0) is 22.0. The number of thiocarbonyl (C=S) groups is 1. The Labute approximate surface area is 185 Å². The first-order chi connectivity index (χ1) is 14.9. The molecule has 0 unspecified atom stereocenters. The van der Waals surface area contributed by atoms with Gasteiger partial charge in [-0.1, -0.05) is 17.7 Å². The van der Waals surface area contributed by atoms with Crippen LogP contribution in [0.25, 0.3) is 22.6 Å². The molecule has 1 heterocycles. The van der Waals surface area contributed by atoms with Crippen LogP contribution < -0.4 is 15.4 Å². The van der Waals surface area contributed by atoms with Gasteiger partial charge in [0.2, 0.25) is 5.89 Å². The third kappa shape index (κ3) is 4.57. The van der Waals surface area contributed by atoms with Gasteiger partial charge in [-0.2, -0.15) is 0 Å². The lowest BCUT2D eigenvalue weighted by atomic mass is 10.1. The van der Waals surface area contributed by atoms with Crippen LogP contribution in [-0.4, -0.2) is 23.1 Å². The quantitative estimate of drug-likeness (QED) is 0.430. The van der Waals surface area contributed by atoms with Gasteiger partial charge in [0.05, 0.1) is 7.11 Å². The largest absolute Gasteiger partial charge is 0.497 e. The highest BCUT2D eigenvalue weighted by atomic mass is 32.1. The van der Waals surface area contributed by atoms with E-state index in [2.05, 4.69) is 28.6 Å². The zero-order valence-electron chi connectivity index (χ0n) is 17.4. The zero-order valence-corrected chi connectivity index (χ0v) is 18.2. The lowest BCUT2D eigenvalue weighted by Crippen LogP contribution is -2.34. The highest BCUT2D eigenvalue weighted by molar-refractivity contribution is 7.80. The standard InChI is InChI=1S/C24H21N3O3S/c1-14-4-10-19(15(2)12-14)23-26-20-13-17(7-11-21(20)30-23)25-24(31)27-22(28)16-5-8-18(29-3)9-6-16/h4-13H,1-3H3,(H2,25,27,28,31). The molecule has 0 saturated carbocycles. The fraction of sp³-hybridized carbons (Fsp3) is 0.125. The monoisotopic (exact) mass is 431 g/mol. The van der Waals surface area contributed by atoms with Gasteiger partial charge in [-0.15, -0.1) is 0 Å². The van der Waals surface area contributed by atoms with Crippen LogP contribution in [0.15, 0.2) is 65.1 Å². The molecule has 0 atom stereocenters. The van der Waals surface area contributed by atoms with Crippen LogP contribution in [0.5, 0.6) is 5.75 Å². The van der Waals surface area contributed by atoms with Gasteiger partial charge in [0.15, 0.2) is 10.7 Å². The Hall–Kier alpha value is -3.71. The number of fused-ring (bicyclic) bond motifs is 1. The van der Waals surface area contributed by atoms with Crippen LogP contribution >= 0.6 is 12.2 Å². The van der Waals surface area contributed by atoms with E-state index in [1.165, 1.54) is 5.56 Å². The number of amides is 1. The molecular formula is C24H21N3O3S. The Morgan fingerprint density at radius 2 is 1.81 bits per heavy atom. The van der Waals surface area contributed by atoms with Crippen LogP contribution in [0, 0.1) is 13.8 Å². The summed E-state index contributed by atoms with van der Waals surface area (Å²) in [5.41, 5.74) is 5.81. The van der Waals surface area contributed by atoms with Crippen molar-refractivity contribution in [2.45, 2.75) is 13.8 Å². The average molecular weight is 432 g/mol. The highest BCUT2D eigenvalue weighted by Gasteiger charge is 2.12. The number of carbonyl (C=O) groups is 1. The van der Waals surface area contributed by atoms with E-state index in [-0.39, 0.29) is 11.0 Å². The first-order valence-corrected chi connectivity index (χ1v) is 10.1. The molecule has 156 valence electrons. The van der Waals surface area contributed by atoms with Crippen molar-refractivity contribution in [3.05, 3.63) is 77.4 Å². The van der Waals surface area contributed by atoms with Gasteiger partial charge in [0.25, 0.3) is 5.91 Å². The smallest absolute Gasteiger partial charge is 0.257 e. The maximum atomic E-state index is 12.4. The summed E-state index contributed by atoms with van der Waals surface area (Å²) in [6.45, 7) is 4.09. The topological polar surface area (TPSA) is 76.4 Å². The molecule has 7 heteroatoms. The summed E-state index contributed by atoms with van der Waals surface area (Å²) in [5, 5.41) is 5.88. The normalized spacial score (nSPS) is 10.7. The van der Waals surface area contributed by atoms with Gasteiger partial charge < -0.3 is 14.5 Å². The van der Waals surface area contributed by atoms with Crippen molar-refractivity contribution in [3.8, 4) is 17.2 Å². The van der Waals surface area contributed by atoms with Crippen LogP contribution in [0.2, 0.25) is 0 Å². The fourth-order valence-electron chi connectivity index (χ4n) is 3.25. The number of aryl methyl sites for hydroxylation is 2. The third-order valence-electron chi connectivity index (χ3n) is 4.84. The molecule has 1 amide bonds. The van der Waals surface area contributed by atoms with E-state index in [1.807, 2.05) is 37.3 Å². The lowest BCUT2D eigenvalue weighted by molar-refractivity contribution is 0.0977. The number of benzene rings is 3. The minimum absolute atomic E-state index is 0.193. The molecule has 0 aliphatic carbocycles. The summed E-state index contributed by atoms with van der Waals surface area (Å²) in [5.74, 6) is 0.943. The molecule has 31 heavy (non-hydrogen) atoms. The van der Waals surface area contributed by atoms with E-state index in [4.69, 9.17) is 21.4 Å². The average Bonchev–Trinajstić information content (AvgIpc) is 3.16. The number of rotatable bonds is 4. The van der Waals surface area contributed by atoms with Gasteiger partial charge in [-0.05, 0) is 80.2 Å². The molecule has 0 fully saturated rings. The third-order valence-corrected chi connectivity index (χ3v) is 5.04. The lowest BCUT2D eigenvalue weighted by Gasteiger charge is -2.09. The Kier molecular flexibility index (Phi) is 5.68. The number of aromatic nitrogens is 1. The molecule has 0 aliphatic rings. The summed E-state index contributed by atoms with van der Waals surface area (Å²) < 4.78 is 11.0. The van der Waals surface area contributed by atoms with Gasteiger partial charge in [0, 0.05) is 16.8 Å². The molecule has 0 aliphatic heterocycles. The molecule has 0 saturated heterocycles. The van der Waals surface area contributed by atoms with E-state index in [9.17, 15) is 4.79 Å². The van der Waals surface area contributed by atoms with Crippen LogP contribution in [0.3, 0.4) is 0 Å². The molecule has 0 spiro atoms. The summed E-state index contributed by atoms with van der Waals surface area (Å²) in [7, 11) is 1.57. The number of nitrogens with one attached hydrogen (secondary N) is 2. The number of nitrogens with zero attached hydrogens (tertiary/aromatic N) is 1. The Morgan fingerprint density at radius 3 is 2.52 bits per heavy atom. The molecule has 0 bridgehead atoms. The molecule has 0 radical (unpaired) electrons. The fourth-order valence-corrected chi connectivity index (χ4v) is 3.46. The number of hydrogen-bond donors (Lipinski definition) is 2. The Bertz CT molecular complexity index is 1280. The van der Waals surface area contributed by atoms with Crippen LogP contribution in [0.4, 0.5) is 5.69 Å². The number of ether oxygens (including phenoxy) is 1. The highest BCUT2D eigenvalue weighted by Crippen LogP contribution is 2.28. The molecule has 3 aromatic carbocycles. The number of methoxy groups -OCH3 is 1. The minimum atomic E-state index is -0.306. The van der Waals surface area contributed by atoms with E-state index in [0.717, 1.165) is 11.1 Å². The van der Waals surface area contributed by atoms with E-state index < -0.39 is 0 Å². The van der Waals surface area contributed by atoms with Crippen LogP contribution in [0.1, 0.15) is 21.5 Å². The SMILES string of the molecule is COc1ccc(C(=O)NC(=S)Nc2ccc3oc(-c4ccc(C)cc4C)nc3c2)cc1. The van der Waals surface area contributed by atoms with Gasteiger partial charge in [-0.3, -0.25) is 10.1 Å². The molecule has 2 N–H and O–H groups in total. The second kappa shape index (κ2) is 8.57. The first-order valence-electron chi connectivity index (χ1n) is 9.67. The van der Waals surface area contributed by atoms with E-state index >= 15 is 0 Å².